The number of fused-ring (bicyclic) bond motifs is 3. The van der Waals surface area contributed by atoms with Gasteiger partial charge in [-0.05, 0) is 37.8 Å². The summed E-state index contributed by atoms with van der Waals surface area (Å²) in [5, 5.41) is 10.7. The normalized spacial score (nSPS) is 33.7. The number of carbonyl (C=O) groups excluding carboxylic acids is 1. The molecule has 1 amide bonds. The molecule has 3 fully saturated rings. The molecule has 104 valence electrons. The average molecular weight is 265 g/mol. The van der Waals surface area contributed by atoms with Gasteiger partial charge in [-0.2, -0.15) is 0 Å². The molecule has 1 aliphatic carbocycles. The second-order valence-electron chi connectivity index (χ2n) is 5.50. The Morgan fingerprint density at radius 1 is 1.58 bits per heavy atom. The largest absolute Gasteiger partial charge is 0.459 e. The summed E-state index contributed by atoms with van der Waals surface area (Å²) in [6.07, 6.45) is 4.68. The number of amides is 1. The molecule has 4 rings (SSSR count). The van der Waals surface area contributed by atoms with Crippen LogP contribution in [0.2, 0.25) is 0 Å². The molecule has 5 heteroatoms. The molecule has 19 heavy (non-hydrogen) atoms. The van der Waals surface area contributed by atoms with Crippen molar-refractivity contribution >= 4 is 5.91 Å². The van der Waals surface area contributed by atoms with Crippen LogP contribution in [0.3, 0.4) is 0 Å². The maximum atomic E-state index is 12.5. The van der Waals surface area contributed by atoms with E-state index in [-0.39, 0.29) is 18.0 Å². The predicted octanol–water partition coefficient (Wildman–Crippen LogP) is 1.42. The van der Waals surface area contributed by atoms with Crippen LogP contribution < -0.4 is 0 Å². The van der Waals surface area contributed by atoms with Gasteiger partial charge in [0.05, 0.1) is 24.5 Å². The number of furan rings is 1. The van der Waals surface area contributed by atoms with E-state index in [1.54, 1.807) is 24.1 Å². The fourth-order valence-corrected chi connectivity index (χ4v) is 3.46. The summed E-state index contributed by atoms with van der Waals surface area (Å²) in [6.45, 7) is 0.361. The molecule has 1 unspecified atom stereocenters. The monoisotopic (exact) mass is 265 g/mol. The summed E-state index contributed by atoms with van der Waals surface area (Å²) in [5.74, 6) is 0.187. The number of rotatable bonds is 3. The highest BCUT2D eigenvalue weighted by Crippen LogP contribution is 2.43. The molecule has 1 aromatic rings. The first-order valence-corrected chi connectivity index (χ1v) is 6.73. The lowest BCUT2D eigenvalue weighted by Crippen LogP contribution is -2.67. The summed E-state index contributed by atoms with van der Waals surface area (Å²) in [7, 11) is 1.60. The van der Waals surface area contributed by atoms with E-state index >= 15 is 0 Å². The van der Waals surface area contributed by atoms with Gasteiger partial charge in [0.15, 0.2) is 5.76 Å². The molecule has 0 aromatic carbocycles. The second-order valence-corrected chi connectivity index (χ2v) is 5.50. The first kappa shape index (κ1) is 12.7. The predicted molar refractivity (Wildman–Crippen MR) is 67.7 cm³/mol. The summed E-state index contributed by atoms with van der Waals surface area (Å²) in [5.41, 5.74) is -0.812. The van der Waals surface area contributed by atoms with Gasteiger partial charge in [0.2, 0.25) is 0 Å². The third kappa shape index (κ3) is 1.97. The standard InChI is InChI=1S/C14H19NO4/c1-18-9-12-14(17)6-4-10(5-7-14)15(12)13(16)11-3-2-8-19-11/h2-3,8,10,12,17H,4-7,9H2,1H3. The maximum absolute atomic E-state index is 12.5. The number of methoxy groups -OCH3 is 1. The highest BCUT2D eigenvalue weighted by Gasteiger charge is 2.53. The Morgan fingerprint density at radius 3 is 2.89 bits per heavy atom. The number of piperidine rings is 2. The van der Waals surface area contributed by atoms with Crippen LogP contribution in [-0.4, -0.2) is 47.3 Å². The van der Waals surface area contributed by atoms with Crippen molar-refractivity contribution in [2.45, 2.75) is 43.4 Å². The minimum Gasteiger partial charge on any atom is -0.459 e. The summed E-state index contributed by atoms with van der Waals surface area (Å²) >= 11 is 0. The third-order valence-corrected chi connectivity index (χ3v) is 4.46. The molecule has 2 bridgehead atoms. The topological polar surface area (TPSA) is 62.9 Å². The Morgan fingerprint density at radius 2 is 2.32 bits per heavy atom. The first-order chi connectivity index (χ1) is 9.15. The Labute approximate surface area is 112 Å². The van der Waals surface area contributed by atoms with Crippen LogP contribution in [0.25, 0.3) is 0 Å². The highest BCUT2D eigenvalue weighted by molar-refractivity contribution is 5.92. The minimum absolute atomic E-state index is 0.144. The molecule has 5 nitrogen and oxygen atoms in total. The fourth-order valence-electron chi connectivity index (χ4n) is 3.46. The van der Waals surface area contributed by atoms with Gasteiger partial charge in [-0.1, -0.05) is 0 Å². The molecule has 1 atom stereocenters. The quantitative estimate of drug-likeness (QED) is 0.898. The van der Waals surface area contributed by atoms with Gasteiger partial charge in [0, 0.05) is 13.2 Å². The van der Waals surface area contributed by atoms with Crippen LogP contribution in [0.5, 0.6) is 0 Å². The lowest BCUT2D eigenvalue weighted by Gasteiger charge is -2.55. The van der Waals surface area contributed by atoms with Gasteiger partial charge in [-0.15, -0.1) is 0 Å². The molecule has 2 aliphatic heterocycles. The van der Waals surface area contributed by atoms with E-state index in [0.29, 0.717) is 12.4 Å². The molecule has 0 spiro atoms. The molecular weight excluding hydrogens is 246 g/mol. The summed E-state index contributed by atoms with van der Waals surface area (Å²) in [4.78, 5) is 14.3. The molecule has 3 aliphatic rings. The third-order valence-electron chi connectivity index (χ3n) is 4.46. The van der Waals surface area contributed by atoms with Gasteiger partial charge in [0.25, 0.3) is 5.91 Å². The van der Waals surface area contributed by atoms with Crippen molar-refractivity contribution in [1.29, 1.82) is 0 Å². The van der Waals surface area contributed by atoms with Crippen LogP contribution in [0.15, 0.2) is 22.8 Å². The van der Waals surface area contributed by atoms with Crippen LogP contribution in [0, 0.1) is 0 Å². The van der Waals surface area contributed by atoms with Crippen molar-refractivity contribution in [2.24, 2.45) is 0 Å². The number of carbonyl (C=O) groups is 1. The number of nitrogens with zero attached hydrogens (tertiary/aromatic N) is 1. The summed E-state index contributed by atoms with van der Waals surface area (Å²) < 4.78 is 10.4. The van der Waals surface area contributed by atoms with Gasteiger partial charge in [-0.25, -0.2) is 0 Å². The molecule has 2 saturated heterocycles. The summed E-state index contributed by atoms with van der Waals surface area (Å²) in [6, 6.07) is 3.28. The molecule has 0 radical (unpaired) electrons. The lowest BCUT2D eigenvalue weighted by atomic mass is 9.71. The zero-order valence-electron chi connectivity index (χ0n) is 11.0. The van der Waals surface area contributed by atoms with Crippen molar-refractivity contribution < 1.29 is 19.1 Å². The first-order valence-electron chi connectivity index (χ1n) is 6.73. The Kier molecular flexibility index (Phi) is 3.11. The molecule has 1 N–H and O–H groups in total. The SMILES string of the molecule is COCC1N(C(=O)c2ccco2)C2CCC1(O)CC2. The van der Waals surface area contributed by atoms with Crippen LogP contribution >= 0.6 is 0 Å². The highest BCUT2D eigenvalue weighted by atomic mass is 16.5. The molecule has 1 saturated carbocycles. The van der Waals surface area contributed by atoms with E-state index in [0.717, 1.165) is 25.7 Å². The molecule has 1 aromatic heterocycles. The van der Waals surface area contributed by atoms with Crippen LogP contribution in [0.4, 0.5) is 0 Å². The van der Waals surface area contributed by atoms with E-state index in [1.807, 2.05) is 0 Å². The Balaban J connectivity index is 1.91. The van der Waals surface area contributed by atoms with E-state index in [2.05, 4.69) is 0 Å². The van der Waals surface area contributed by atoms with Crippen LogP contribution in [-0.2, 0) is 4.74 Å². The van der Waals surface area contributed by atoms with Crippen molar-refractivity contribution in [3.05, 3.63) is 24.2 Å². The van der Waals surface area contributed by atoms with Crippen molar-refractivity contribution in [2.75, 3.05) is 13.7 Å². The number of hydrogen-bond acceptors (Lipinski definition) is 4. The van der Waals surface area contributed by atoms with Gasteiger partial charge >= 0.3 is 0 Å². The van der Waals surface area contributed by atoms with Crippen LogP contribution in [0.1, 0.15) is 36.2 Å². The van der Waals surface area contributed by atoms with E-state index in [1.165, 1.54) is 6.26 Å². The second kappa shape index (κ2) is 4.65. The van der Waals surface area contributed by atoms with Gasteiger partial charge in [0.1, 0.15) is 0 Å². The molecule has 3 heterocycles. The van der Waals surface area contributed by atoms with E-state index in [4.69, 9.17) is 9.15 Å². The zero-order chi connectivity index (χ0) is 13.5. The smallest absolute Gasteiger partial charge is 0.290 e. The van der Waals surface area contributed by atoms with Gasteiger partial charge in [-0.3, -0.25) is 4.79 Å². The number of ether oxygens (including phenoxy) is 1. The van der Waals surface area contributed by atoms with Gasteiger partial charge < -0.3 is 19.2 Å². The lowest BCUT2D eigenvalue weighted by molar-refractivity contribution is -0.144. The van der Waals surface area contributed by atoms with Crippen molar-refractivity contribution in [1.82, 2.24) is 4.90 Å². The van der Waals surface area contributed by atoms with E-state index in [9.17, 15) is 9.90 Å². The number of hydrogen-bond donors (Lipinski definition) is 1. The maximum Gasteiger partial charge on any atom is 0.290 e. The van der Waals surface area contributed by atoms with Crippen molar-refractivity contribution in [3.63, 3.8) is 0 Å². The van der Waals surface area contributed by atoms with Crippen molar-refractivity contribution in [3.8, 4) is 0 Å². The zero-order valence-corrected chi connectivity index (χ0v) is 11.0. The Hall–Kier alpha value is -1.33. The Bertz CT molecular complexity index is 448. The number of aliphatic hydroxyl groups is 1. The minimum atomic E-state index is -0.812. The molecular formula is C14H19NO4. The van der Waals surface area contributed by atoms with E-state index < -0.39 is 5.60 Å². The fraction of sp³-hybridized carbons (Fsp3) is 0.643. The average Bonchev–Trinajstić information content (AvgIpc) is 2.93.